The summed E-state index contributed by atoms with van der Waals surface area (Å²) in [5, 5.41) is 8.80. The molecule has 0 aliphatic carbocycles. The Bertz CT molecular complexity index is 312. The third kappa shape index (κ3) is 3.70. The molecule has 0 aliphatic rings. The largest absolute Gasteiger partial charge is 0.478 e. The normalized spacial score (nSPS) is 13.5. The maximum Gasteiger partial charge on any atom is 0.411 e. The van der Waals surface area contributed by atoms with Gasteiger partial charge in [-0.2, -0.15) is 0 Å². The van der Waals surface area contributed by atoms with Gasteiger partial charge in [0.15, 0.2) is 0 Å². The van der Waals surface area contributed by atoms with Crippen LogP contribution < -0.4 is 0 Å². The molecule has 0 heterocycles. The van der Waals surface area contributed by atoms with Gasteiger partial charge in [-0.05, 0) is 13.3 Å². The van der Waals surface area contributed by atoms with Crippen molar-refractivity contribution < 1.29 is 33.6 Å². The molecule has 0 spiro atoms. The average Bonchev–Trinajstić information content (AvgIpc) is 2.18. The molecule has 8 heteroatoms. The molecule has 0 bridgehead atoms. The summed E-state index contributed by atoms with van der Waals surface area (Å²) >= 11 is 0. The molecule has 0 aliphatic heterocycles. The van der Waals surface area contributed by atoms with Crippen LogP contribution in [-0.2, 0) is 28.5 Å². The van der Waals surface area contributed by atoms with Crippen LogP contribution in [0, 0.1) is 0 Å². The van der Waals surface area contributed by atoms with Gasteiger partial charge in [0.05, 0.1) is 19.5 Å². The summed E-state index contributed by atoms with van der Waals surface area (Å²) in [7, 11) is -1.62. The topological polar surface area (TPSA) is 91.3 Å². The summed E-state index contributed by atoms with van der Waals surface area (Å²) < 4.78 is 21.0. The van der Waals surface area contributed by atoms with Crippen LogP contribution in [0.1, 0.15) is 20.3 Å². The highest BCUT2D eigenvalue weighted by molar-refractivity contribution is 7.58. The van der Waals surface area contributed by atoms with E-state index < -0.39 is 13.6 Å². The molecule has 94 valence electrons. The molecule has 0 fully saturated rings. The predicted octanol–water partition coefficient (Wildman–Crippen LogP) is 2.10. The van der Waals surface area contributed by atoms with Crippen LogP contribution in [0.25, 0.3) is 0 Å². The number of allylic oxidation sites excluding steroid dienone is 1. The fraction of sp³-hybridized carbons (Fsp3) is 0.625. The van der Waals surface area contributed by atoms with Gasteiger partial charge in [-0.3, -0.25) is 0 Å². The number of hydrogen-bond donors (Lipinski definition) is 1. The van der Waals surface area contributed by atoms with Crippen LogP contribution in [0.3, 0.4) is 0 Å². The minimum atomic E-state index is -3.89. The lowest BCUT2D eigenvalue weighted by Gasteiger charge is -2.17. The predicted molar refractivity (Wildman–Crippen MR) is 54.4 cm³/mol. The number of hydrogen-bond acceptors (Lipinski definition) is 6. The minimum absolute atomic E-state index is 0.0105. The molecule has 16 heavy (non-hydrogen) atoms. The first-order valence-corrected chi connectivity index (χ1v) is 5.95. The fourth-order valence-corrected chi connectivity index (χ4v) is 2.58. The average molecular weight is 254 g/mol. The van der Waals surface area contributed by atoms with Crippen molar-refractivity contribution >= 4 is 13.6 Å². The van der Waals surface area contributed by atoms with Crippen molar-refractivity contribution in [2.45, 2.75) is 20.3 Å². The summed E-state index contributed by atoms with van der Waals surface area (Å²) in [6.07, 6.45) is 0.169. The number of carboxylic acids is 1. The molecule has 7 nitrogen and oxygen atoms in total. The molecule has 0 radical (unpaired) electrons. The highest BCUT2D eigenvalue weighted by Crippen LogP contribution is 2.58. The van der Waals surface area contributed by atoms with Gasteiger partial charge < -0.3 is 5.11 Å². The van der Waals surface area contributed by atoms with Gasteiger partial charge in [0.2, 0.25) is 0 Å². The maximum absolute atomic E-state index is 12.1. The van der Waals surface area contributed by atoms with Crippen LogP contribution in [-0.4, -0.2) is 25.3 Å². The Balaban J connectivity index is 5.39. The lowest BCUT2D eigenvalue weighted by Crippen LogP contribution is -2.05. The van der Waals surface area contributed by atoms with Crippen molar-refractivity contribution in [3.05, 3.63) is 10.9 Å². The third-order valence-electron chi connectivity index (χ3n) is 1.76. The molecule has 0 saturated heterocycles. The zero-order valence-corrected chi connectivity index (χ0v) is 10.4. The zero-order chi connectivity index (χ0) is 12.8. The second kappa shape index (κ2) is 6.78. The van der Waals surface area contributed by atoms with Crippen molar-refractivity contribution in [2.24, 2.45) is 0 Å². The molecule has 0 unspecified atom stereocenters. The van der Waals surface area contributed by atoms with Gasteiger partial charge in [-0.1, -0.05) is 6.92 Å². The van der Waals surface area contributed by atoms with E-state index in [1.165, 1.54) is 6.92 Å². The molecular weight excluding hydrogens is 239 g/mol. The Morgan fingerprint density at radius 2 is 1.69 bits per heavy atom. The van der Waals surface area contributed by atoms with Gasteiger partial charge >= 0.3 is 13.6 Å². The van der Waals surface area contributed by atoms with Crippen LogP contribution in [0.4, 0.5) is 0 Å². The van der Waals surface area contributed by atoms with E-state index >= 15 is 0 Å². The SMILES string of the molecule is CCC(=C(C)C(=O)O)P(=O)(OOC)OOC. The second-order valence-corrected chi connectivity index (χ2v) is 4.54. The van der Waals surface area contributed by atoms with Gasteiger partial charge in [0.25, 0.3) is 0 Å². The maximum atomic E-state index is 12.1. The van der Waals surface area contributed by atoms with E-state index in [2.05, 4.69) is 19.1 Å². The Hall–Kier alpha value is -0.720. The zero-order valence-electron chi connectivity index (χ0n) is 9.55. The summed E-state index contributed by atoms with van der Waals surface area (Å²) in [6, 6.07) is 0. The molecule has 0 aromatic heterocycles. The van der Waals surface area contributed by atoms with Gasteiger partial charge in [-0.25, -0.2) is 19.1 Å². The van der Waals surface area contributed by atoms with Crippen molar-refractivity contribution in [1.29, 1.82) is 0 Å². The summed E-state index contributed by atoms with van der Waals surface area (Å²) in [5.74, 6) is -1.21. The molecule has 0 rings (SSSR count). The number of rotatable bonds is 7. The molecule has 0 aromatic carbocycles. The van der Waals surface area contributed by atoms with E-state index in [0.29, 0.717) is 0 Å². The van der Waals surface area contributed by atoms with E-state index in [4.69, 9.17) is 5.11 Å². The van der Waals surface area contributed by atoms with Crippen molar-refractivity contribution in [2.75, 3.05) is 14.2 Å². The van der Waals surface area contributed by atoms with Crippen molar-refractivity contribution in [1.82, 2.24) is 0 Å². The van der Waals surface area contributed by atoms with E-state index in [-0.39, 0.29) is 17.3 Å². The number of carbonyl (C=O) groups is 1. The Morgan fingerprint density at radius 1 is 1.25 bits per heavy atom. The standard InChI is InChI=1S/C8H15O7P/c1-5-7(6(2)8(9)10)16(11,14-12-3)15-13-4/h5H2,1-4H3,(H,9,10). The van der Waals surface area contributed by atoms with Crippen LogP contribution in [0.5, 0.6) is 0 Å². The summed E-state index contributed by atoms with van der Waals surface area (Å²) in [4.78, 5) is 19.3. The van der Waals surface area contributed by atoms with Crippen LogP contribution in [0.15, 0.2) is 10.9 Å². The first-order valence-electron chi connectivity index (χ1n) is 4.41. The quantitative estimate of drug-likeness (QED) is 0.322. The van der Waals surface area contributed by atoms with Gasteiger partial charge in [0.1, 0.15) is 0 Å². The number of carboxylic acid groups (broad SMARTS) is 1. The molecular formula is C8H15O7P. The summed E-state index contributed by atoms with van der Waals surface area (Å²) in [6.45, 7) is 2.92. The highest BCUT2D eigenvalue weighted by atomic mass is 31.2. The van der Waals surface area contributed by atoms with Crippen molar-refractivity contribution in [3.63, 3.8) is 0 Å². The Morgan fingerprint density at radius 3 is 1.94 bits per heavy atom. The first-order chi connectivity index (χ1) is 7.42. The van der Waals surface area contributed by atoms with E-state index in [0.717, 1.165) is 14.2 Å². The summed E-state index contributed by atoms with van der Waals surface area (Å²) in [5.41, 5.74) is -0.125. The lowest BCUT2D eigenvalue weighted by atomic mass is 10.2. The monoisotopic (exact) mass is 254 g/mol. The van der Waals surface area contributed by atoms with Crippen molar-refractivity contribution in [3.8, 4) is 0 Å². The smallest absolute Gasteiger partial charge is 0.411 e. The molecule has 1 N–H and O–H groups in total. The third-order valence-corrected chi connectivity index (χ3v) is 3.77. The lowest BCUT2D eigenvalue weighted by molar-refractivity contribution is -0.240. The van der Waals surface area contributed by atoms with E-state index in [1.807, 2.05) is 0 Å². The molecule has 0 saturated carbocycles. The van der Waals surface area contributed by atoms with Crippen LogP contribution in [0.2, 0.25) is 0 Å². The molecule has 0 amide bonds. The fourth-order valence-electron chi connectivity index (χ4n) is 1.09. The first kappa shape index (κ1) is 15.3. The highest BCUT2D eigenvalue weighted by Gasteiger charge is 2.35. The van der Waals surface area contributed by atoms with E-state index in [9.17, 15) is 9.36 Å². The molecule has 0 atom stereocenters. The van der Waals surface area contributed by atoms with Crippen LogP contribution >= 0.6 is 7.60 Å². The Labute approximate surface area is 93.3 Å². The van der Waals surface area contributed by atoms with E-state index in [1.54, 1.807) is 6.92 Å². The minimum Gasteiger partial charge on any atom is -0.478 e. The second-order valence-electron chi connectivity index (χ2n) is 2.71. The van der Waals surface area contributed by atoms with Gasteiger partial charge in [0, 0.05) is 5.57 Å². The van der Waals surface area contributed by atoms with Gasteiger partial charge in [-0.15, -0.1) is 9.35 Å². The molecule has 0 aromatic rings. The number of aliphatic carboxylic acids is 1. The Kier molecular flexibility index (Phi) is 6.47.